The van der Waals surface area contributed by atoms with Crippen molar-refractivity contribution in [2.75, 3.05) is 32.7 Å². The van der Waals surface area contributed by atoms with Gasteiger partial charge in [-0.05, 0) is 30.9 Å². The Balaban J connectivity index is 1.46. The molecule has 3 heterocycles. The van der Waals surface area contributed by atoms with Gasteiger partial charge in [-0.1, -0.05) is 6.07 Å². The van der Waals surface area contributed by atoms with Crippen LogP contribution in [-0.2, 0) is 0 Å². The van der Waals surface area contributed by atoms with Crippen LogP contribution < -0.4 is 5.32 Å². The Kier molecular flexibility index (Phi) is 5.09. The van der Waals surface area contributed by atoms with Crippen LogP contribution in [0.3, 0.4) is 0 Å². The molecule has 0 aliphatic carbocycles. The summed E-state index contributed by atoms with van der Waals surface area (Å²) < 4.78 is 0. The van der Waals surface area contributed by atoms with Gasteiger partial charge in [0.15, 0.2) is 0 Å². The summed E-state index contributed by atoms with van der Waals surface area (Å²) in [6, 6.07) is 6.50. The van der Waals surface area contributed by atoms with E-state index in [1.807, 2.05) is 17.2 Å². The first-order chi connectivity index (χ1) is 11.3. The van der Waals surface area contributed by atoms with E-state index in [4.69, 9.17) is 5.26 Å². The number of carbonyl (C=O) groups excluding carboxylic acids is 1. The van der Waals surface area contributed by atoms with Crippen molar-refractivity contribution in [2.24, 2.45) is 0 Å². The lowest BCUT2D eigenvalue weighted by Gasteiger charge is -2.31. The molecule has 23 heavy (non-hydrogen) atoms. The van der Waals surface area contributed by atoms with Gasteiger partial charge in [-0.25, -0.2) is 4.79 Å². The second-order valence-corrected chi connectivity index (χ2v) is 6.38. The standard InChI is InChI=1S/C17H23N5O/c18-6-11-21-8-4-16(5-9-21)20-17(23)22-10-3-15(13-22)14-2-1-7-19-12-14/h1-2,7,12,15-16H,3-5,8-11,13H2,(H,20,23). The molecular weight excluding hydrogens is 290 g/mol. The lowest BCUT2D eigenvalue weighted by molar-refractivity contribution is 0.185. The largest absolute Gasteiger partial charge is 0.335 e. The van der Waals surface area contributed by atoms with Gasteiger partial charge in [0, 0.05) is 50.5 Å². The van der Waals surface area contributed by atoms with E-state index in [0.717, 1.165) is 45.4 Å². The summed E-state index contributed by atoms with van der Waals surface area (Å²) in [5.41, 5.74) is 1.22. The van der Waals surface area contributed by atoms with Crippen molar-refractivity contribution in [2.45, 2.75) is 31.2 Å². The number of likely N-dealkylation sites (tertiary alicyclic amines) is 2. The zero-order valence-corrected chi connectivity index (χ0v) is 13.3. The molecule has 1 aromatic rings. The van der Waals surface area contributed by atoms with E-state index in [2.05, 4.69) is 27.3 Å². The zero-order valence-electron chi connectivity index (χ0n) is 13.3. The van der Waals surface area contributed by atoms with Crippen LogP contribution in [-0.4, -0.2) is 59.6 Å². The van der Waals surface area contributed by atoms with Gasteiger partial charge >= 0.3 is 6.03 Å². The topological polar surface area (TPSA) is 72.3 Å². The molecule has 2 aliphatic rings. The molecule has 122 valence electrons. The molecule has 6 nitrogen and oxygen atoms in total. The fourth-order valence-corrected chi connectivity index (χ4v) is 3.44. The highest BCUT2D eigenvalue weighted by atomic mass is 16.2. The van der Waals surface area contributed by atoms with Gasteiger partial charge in [0.25, 0.3) is 0 Å². The number of rotatable bonds is 3. The molecule has 2 aliphatic heterocycles. The lowest BCUT2D eigenvalue weighted by Crippen LogP contribution is -2.48. The number of hydrogen-bond donors (Lipinski definition) is 1. The molecule has 0 saturated carbocycles. The van der Waals surface area contributed by atoms with Gasteiger partial charge in [0.05, 0.1) is 12.6 Å². The first kappa shape index (κ1) is 15.8. The van der Waals surface area contributed by atoms with Crippen LogP contribution in [0.25, 0.3) is 0 Å². The van der Waals surface area contributed by atoms with Crippen LogP contribution >= 0.6 is 0 Å². The molecule has 6 heteroatoms. The third-order valence-corrected chi connectivity index (χ3v) is 4.84. The first-order valence-electron chi connectivity index (χ1n) is 8.31. The van der Waals surface area contributed by atoms with E-state index >= 15 is 0 Å². The molecule has 1 N–H and O–H groups in total. The fraction of sp³-hybridized carbons (Fsp3) is 0.588. The number of amides is 2. The highest BCUT2D eigenvalue weighted by Gasteiger charge is 2.29. The summed E-state index contributed by atoms with van der Waals surface area (Å²) in [6.07, 6.45) is 6.53. The smallest absolute Gasteiger partial charge is 0.317 e. The first-order valence-corrected chi connectivity index (χ1v) is 8.31. The summed E-state index contributed by atoms with van der Waals surface area (Å²) >= 11 is 0. The molecule has 0 aromatic carbocycles. The van der Waals surface area contributed by atoms with Crippen molar-refractivity contribution < 1.29 is 4.79 Å². The number of nitriles is 1. The molecule has 1 atom stereocenters. The van der Waals surface area contributed by atoms with Gasteiger partial charge in [0.2, 0.25) is 0 Å². The number of hydrogen-bond acceptors (Lipinski definition) is 4. The zero-order chi connectivity index (χ0) is 16.1. The van der Waals surface area contributed by atoms with Crippen LogP contribution in [0.5, 0.6) is 0 Å². The fourth-order valence-electron chi connectivity index (χ4n) is 3.44. The van der Waals surface area contributed by atoms with Crippen LogP contribution in [0.2, 0.25) is 0 Å². The van der Waals surface area contributed by atoms with Gasteiger partial charge in [0.1, 0.15) is 0 Å². The van der Waals surface area contributed by atoms with Crippen molar-refractivity contribution in [3.63, 3.8) is 0 Å². The third kappa shape index (κ3) is 3.99. The average molecular weight is 313 g/mol. The van der Waals surface area contributed by atoms with Crippen LogP contribution in [0, 0.1) is 11.3 Å². The monoisotopic (exact) mass is 313 g/mol. The molecule has 1 aromatic heterocycles. The number of aromatic nitrogens is 1. The predicted molar refractivity (Wildman–Crippen MR) is 86.8 cm³/mol. The number of urea groups is 1. The van der Waals surface area contributed by atoms with Gasteiger partial charge in [-0.2, -0.15) is 5.26 Å². The SMILES string of the molecule is N#CCN1CCC(NC(=O)N2CCC(c3cccnc3)C2)CC1. The van der Waals surface area contributed by atoms with Crippen molar-refractivity contribution in [1.29, 1.82) is 5.26 Å². The van der Waals surface area contributed by atoms with Crippen molar-refractivity contribution in [3.05, 3.63) is 30.1 Å². The highest BCUT2D eigenvalue weighted by molar-refractivity contribution is 5.75. The Morgan fingerprint density at radius 1 is 1.35 bits per heavy atom. The molecule has 0 bridgehead atoms. The molecule has 2 amide bonds. The Bertz CT molecular complexity index is 562. The van der Waals surface area contributed by atoms with Crippen LogP contribution in [0.15, 0.2) is 24.5 Å². The number of nitrogens with zero attached hydrogens (tertiary/aromatic N) is 4. The van der Waals surface area contributed by atoms with Crippen molar-refractivity contribution in [3.8, 4) is 6.07 Å². The van der Waals surface area contributed by atoms with Gasteiger partial charge in [-0.3, -0.25) is 9.88 Å². The van der Waals surface area contributed by atoms with E-state index in [1.54, 1.807) is 6.20 Å². The number of piperidine rings is 1. The van der Waals surface area contributed by atoms with Gasteiger partial charge in [-0.15, -0.1) is 0 Å². The van der Waals surface area contributed by atoms with E-state index in [1.165, 1.54) is 5.56 Å². The quantitative estimate of drug-likeness (QED) is 0.860. The molecular formula is C17H23N5O. The van der Waals surface area contributed by atoms with Crippen molar-refractivity contribution >= 4 is 6.03 Å². The molecule has 2 saturated heterocycles. The summed E-state index contributed by atoms with van der Waals surface area (Å²) in [5.74, 6) is 0.395. The maximum atomic E-state index is 12.4. The third-order valence-electron chi connectivity index (χ3n) is 4.84. The maximum Gasteiger partial charge on any atom is 0.317 e. The van der Waals surface area contributed by atoms with Crippen LogP contribution in [0.4, 0.5) is 4.79 Å². The minimum atomic E-state index is 0.0510. The number of pyridine rings is 1. The summed E-state index contributed by atoms with van der Waals surface area (Å²) in [4.78, 5) is 20.7. The molecule has 2 fully saturated rings. The second kappa shape index (κ2) is 7.42. The van der Waals surface area contributed by atoms with Crippen LogP contribution in [0.1, 0.15) is 30.7 Å². The highest BCUT2D eigenvalue weighted by Crippen LogP contribution is 2.26. The molecule has 0 radical (unpaired) electrons. The summed E-state index contributed by atoms with van der Waals surface area (Å²) in [6.45, 7) is 3.83. The van der Waals surface area contributed by atoms with Crippen molar-refractivity contribution in [1.82, 2.24) is 20.1 Å². The Morgan fingerprint density at radius 3 is 2.87 bits per heavy atom. The number of nitrogens with one attached hydrogen (secondary N) is 1. The lowest BCUT2D eigenvalue weighted by atomic mass is 10.0. The van der Waals surface area contributed by atoms with E-state index in [-0.39, 0.29) is 12.1 Å². The second-order valence-electron chi connectivity index (χ2n) is 6.38. The summed E-state index contributed by atoms with van der Waals surface area (Å²) in [5, 5.41) is 11.9. The predicted octanol–water partition coefficient (Wildman–Crippen LogP) is 1.57. The molecule has 1 unspecified atom stereocenters. The molecule has 0 spiro atoms. The summed E-state index contributed by atoms with van der Waals surface area (Å²) in [7, 11) is 0. The Morgan fingerprint density at radius 2 is 2.17 bits per heavy atom. The number of carbonyl (C=O) groups is 1. The van der Waals surface area contributed by atoms with E-state index < -0.39 is 0 Å². The average Bonchev–Trinajstić information content (AvgIpc) is 3.08. The maximum absolute atomic E-state index is 12.4. The van der Waals surface area contributed by atoms with E-state index in [9.17, 15) is 4.79 Å². The minimum absolute atomic E-state index is 0.0510. The normalized spacial score (nSPS) is 22.7. The Labute approximate surface area is 137 Å². The minimum Gasteiger partial charge on any atom is -0.335 e. The van der Waals surface area contributed by atoms with E-state index in [0.29, 0.717) is 12.5 Å². The van der Waals surface area contributed by atoms with Gasteiger partial charge < -0.3 is 10.2 Å². The molecule has 3 rings (SSSR count). The Hall–Kier alpha value is -2.13.